The van der Waals surface area contributed by atoms with Crippen molar-refractivity contribution >= 4 is 27.7 Å². The molecule has 22 heavy (non-hydrogen) atoms. The van der Waals surface area contributed by atoms with Gasteiger partial charge in [0.25, 0.3) is 5.92 Å². The van der Waals surface area contributed by atoms with Gasteiger partial charge in [-0.15, -0.1) is 0 Å². The van der Waals surface area contributed by atoms with E-state index in [9.17, 15) is 22.0 Å². The number of hydrogen-bond donors (Lipinski definition) is 0. The quantitative estimate of drug-likeness (QED) is 0.286. The molecule has 1 atom stereocenters. The van der Waals surface area contributed by atoms with Crippen molar-refractivity contribution in [2.45, 2.75) is 35.8 Å². The molecule has 0 bridgehead atoms. The van der Waals surface area contributed by atoms with Crippen molar-refractivity contribution in [1.82, 2.24) is 0 Å². The van der Waals surface area contributed by atoms with Crippen LogP contribution >= 0.6 is 27.7 Å². The summed E-state index contributed by atoms with van der Waals surface area (Å²) in [6.45, 7) is 1.51. The molecule has 2 nitrogen and oxygen atoms in total. The van der Waals surface area contributed by atoms with Crippen LogP contribution in [0.5, 0.6) is 0 Å². The molecule has 9 heteroatoms. The van der Waals surface area contributed by atoms with Crippen LogP contribution in [-0.2, 0) is 15.9 Å². The average Bonchev–Trinajstić information content (AvgIpc) is 2.65. The van der Waals surface area contributed by atoms with E-state index in [2.05, 4.69) is 15.9 Å². The molecule has 124 valence electrons. The average molecular weight is 407 g/mol. The van der Waals surface area contributed by atoms with Crippen LogP contribution < -0.4 is 0 Å². The summed E-state index contributed by atoms with van der Waals surface area (Å²) in [6.07, 6.45) is -2.43. The Hall–Kier alpha value is -0.380. The molecule has 0 saturated carbocycles. The zero-order valence-electron chi connectivity index (χ0n) is 11.3. The van der Waals surface area contributed by atoms with Crippen LogP contribution in [0.25, 0.3) is 0 Å². The molecule has 0 unspecified atom stereocenters. The fourth-order valence-corrected chi connectivity index (χ4v) is 3.45. The SMILES string of the molecule is CCOCO[C@H]1c2c(SC(F)(F)F)ccc(Br)c2CC1(F)F. The van der Waals surface area contributed by atoms with Crippen molar-refractivity contribution in [1.29, 1.82) is 0 Å². The molecule has 0 aliphatic heterocycles. The molecule has 0 heterocycles. The highest BCUT2D eigenvalue weighted by Gasteiger charge is 2.51. The first-order valence-electron chi connectivity index (χ1n) is 6.30. The van der Waals surface area contributed by atoms with E-state index in [1.54, 1.807) is 6.92 Å². The lowest BCUT2D eigenvalue weighted by atomic mass is 10.1. The molecule has 0 aromatic heterocycles. The normalized spacial score (nSPS) is 20.2. The molecule has 0 radical (unpaired) electrons. The standard InChI is InChI=1S/C13H12BrF5O2S/c1-2-20-6-21-11-10-7(5-12(11,15)16)8(14)3-4-9(10)22-13(17,18)19/h3-4,11H,2,5-6H2,1H3/t11-/m0/s1. The second kappa shape index (κ2) is 6.62. The number of halogens is 6. The first-order valence-corrected chi connectivity index (χ1v) is 7.91. The third-order valence-electron chi connectivity index (χ3n) is 3.07. The van der Waals surface area contributed by atoms with Gasteiger partial charge in [-0.25, -0.2) is 8.78 Å². The minimum absolute atomic E-state index is 0.124. The molecule has 2 rings (SSSR count). The van der Waals surface area contributed by atoms with Gasteiger partial charge in [0, 0.05) is 28.0 Å². The Balaban J connectivity index is 2.41. The summed E-state index contributed by atoms with van der Waals surface area (Å²) < 4.78 is 76.4. The third kappa shape index (κ3) is 3.93. The van der Waals surface area contributed by atoms with Crippen molar-refractivity contribution < 1.29 is 31.4 Å². The number of hydrogen-bond acceptors (Lipinski definition) is 3. The molecule has 0 saturated heterocycles. The Bertz CT molecular complexity index is 550. The van der Waals surface area contributed by atoms with Gasteiger partial charge in [0.1, 0.15) is 6.79 Å². The van der Waals surface area contributed by atoms with Crippen LogP contribution in [0.3, 0.4) is 0 Å². The molecule has 1 aromatic rings. The van der Waals surface area contributed by atoms with Crippen LogP contribution in [0.1, 0.15) is 24.2 Å². The number of rotatable bonds is 5. The molecular formula is C13H12BrF5O2S. The van der Waals surface area contributed by atoms with Crippen LogP contribution in [0.2, 0.25) is 0 Å². The number of ether oxygens (including phenoxy) is 2. The zero-order chi connectivity index (χ0) is 16.5. The summed E-state index contributed by atoms with van der Waals surface area (Å²) >= 11 is 2.69. The Morgan fingerprint density at radius 2 is 2.05 bits per heavy atom. The van der Waals surface area contributed by atoms with Gasteiger partial charge >= 0.3 is 5.51 Å². The summed E-state index contributed by atoms with van der Waals surface area (Å²) in [6, 6.07) is 2.51. The Morgan fingerprint density at radius 1 is 1.36 bits per heavy atom. The van der Waals surface area contributed by atoms with Crippen LogP contribution in [-0.4, -0.2) is 24.8 Å². The molecule has 0 amide bonds. The second-order valence-electron chi connectivity index (χ2n) is 4.58. The van der Waals surface area contributed by atoms with Crippen molar-refractivity contribution in [3.63, 3.8) is 0 Å². The summed E-state index contributed by atoms with van der Waals surface area (Å²) in [5, 5.41) is 0. The zero-order valence-corrected chi connectivity index (χ0v) is 13.7. The van der Waals surface area contributed by atoms with Gasteiger partial charge in [-0.1, -0.05) is 15.9 Å². The lowest BCUT2D eigenvalue weighted by Crippen LogP contribution is -2.25. The molecule has 1 aliphatic carbocycles. The number of alkyl halides is 5. The largest absolute Gasteiger partial charge is 0.446 e. The molecular weight excluding hydrogens is 395 g/mol. The van der Waals surface area contributed by atoms with E-state index in [1.807, 2.05) is 0 Å². The van der Waals surface area contributed by atoms with E-state index < -0.39 is 42.5 Å². The fourth-order valence-electron chi connectivity index (χ4n) is 2.24. The van der Waals surface area contributed by atoms with Crippen LogP contribution in [0, 0.1) is 0 Å². The topological polar surface area (TPSA) is 18.5 Å². The van der Waals surface area contributed by atoms with Gasteiger partial charge < -0.3 is 9.47 Å². The van der Waals surface area contributed by atoms with E-state index in [0.717, 1.165) is 0 Å². The minimum atomic E-state index is -4.57. The monoisotopic (exact) mass is 406 g/mol. The maximum Gasteiger partial charge on any atom is 0.446 e. The highest BCUT2D eigenvalue weighted by Crippen LogP contribution is 2.53. The Morgan fingerprint density at radius 3 is 2.64 bits per heavy atom. The van der Waals surface area contributed by atoms with Gasteiger partial charge in [-0.05, 0) is 36.4 Å². The van der Waals surface area contributed by atoms with Crippen LogP contribution in [0.4, 0.5) is 22.0 Å². The van der Waals surface area contributed by atoms with Crippen molar-refractivity contribution in [3.8, 4) is 0 Å². The summed E-state index contributed by atoms with van der Waals surface area (Å²) in [5.74, 6) is -3.29. The van der Waals surface area contributed by atoms with Crippen molar-refractivity contribution in [3.05, 3.63) is 27.7 Å². The van der Waals surface area contributed by atoms with Gasteiger partial charge in [-0.2, -0.15) is 13.2 Å². The number of fused-ring (bicyclic) bond motifs is 1. The predicted molar refractivity (Wildman–Crippen MR) is 75.0 cm³/mol. The molecule has 1 aromatic carbocycles. The Labute approximate surface area is 136 Å². The Kier molecular flexibility index (Phi) is 5.41. The highest BCUT2D eigenvalue weighted by molar-refractivity contribution is 9.10. The lowest BCUT2D eigenvalue weighted by Gasteiger charge is -2.22. The molecule has 0 spiro atoms. The van der Waals surface area contributed by atoms with E-state index in [-0.39, 0.29) is 22.6 Å². The van der Waals surface area contributed by atoms with Crippen molar-refractivity contribution in [2.24, 2.45) is 0 Å². The first-order chi connectivity index (χ1) is 10.2. The van der Waals surface area contributed by atoms with Crippen LogP contribution in [0.15, 0.2) is 21.5 Å². The van der Waals surface area contributed by atoms with E-state index in [0.29, 0.717) is 4.47 Å². The second-order valence-corrected chi connectivity index (χ2v) is 6.54. The number of benzene rings is 1. The summed E-state index contributed by atoms with van der Waals surface area (Å²) in [7, 11) is 0. The van der Waals surface area contributed by atoms with Gasteiger partial charge in [0.2, 0.25) is 0 Å². The van der Waals surface area contributed by atoms with Gasteiger partial charge in [-0.3, -0.25) is 0 Å². The first kappa shape index (κ1) is 18.0. The highest BCUT2D eigenvalue weighted by atomic mass is 79.9. The lowest BCUT2D eigenvalue weighted by molar-refractivity contribution is -0.175. The predicted octanol–water partition coefficient (Wildman–Crippen LogP) is 5.30. The van der Waals surface area contributed by atoms with Gasteiger partial charge in [0.15, 0.2) is 6.10 Å². The molecule has 0 N–H and O–H groups in total. The van der Waals surface area contributed by atoms with E-state index >= 15 is 0 Å². The molecule has 1 aliphatic rings. The van der Waals surface area contributed by atoms with Crippen molar-refractivity contribution in [2.75, 3.05) is 13.4 Å². The number of thioether (sulfide) groups is 1. The van der Waals surface area contributed by atoms with E-state index in [1.165, 1.54) is 12.1 Å². The molecule has 0 fully saturated rings. The summed E-state index contributed by atoms with van der Waals surface area (Å²) in [5.41, 5.74) is -4.55. The fraction of sp³-hybridized carbons (Fsp3) is 0.538. The van der Waals surface area contributed by atoms with Gasteiger partial charge in [0.05, 0.1) is 0 Å². The smallest absolute Gasteiger partial charge is 0.356 e. The summed E-state index contributed by atoms with van der Waals surface area (Å²) in [4.78, 5) is -0.274. The van der Waals surface area contributed by atoms with E-state index in [4.69, 9.17) is 9.47 Å². The third-order valence-corrected chi connectivity index (χ3v) is 4.62. The maximum absolute atomic E-state index is 14.1. The minimum Gasteiger partial charge on any atom is -0.356 e. The maximum atomic E-state index is 14.1.